The Labute approximate surface area is 108 Å². The Morgan fingerprint density at radius 1 is 1.21 bits per heavy atom. The van der Waals surface area contributed by atoms with Crippen molar-refractivity contribution in [3.8, 4) is 0 Å². The van der Waals surface area contributed by atoms with Gasteiger partial charge in [0.05, 0.1) is 22.6 Å². The van der Waals surface area contributed by atoms with Crippen LogP contribution in [0, 0.1) is 5.82 Å². The third-order valence-electron chi connectivity index (χ3n) is 2.61. The lowest BCUT2D eigenvalue weighted by atomic mass is 10.1. The van der Waals surface area contributed by atoms with Crippen LogP contribution >= 0.6 is 0 Å². The van der Waals surface area contributed by atoms with Gasteiger partial charge in [-0.15, -0.1) is 0 Å². The minimum atomic E-state index is -1.29. The Hall–Kier alpha value is -2.76. The summed E-state index contributed by atoms with van der Waals surface area (Å²) in [6.45, 7) is 0. The van der Waals surface area contributed by atoms with E-state index in [1.54, 1.807) is 30.3 Å². The molecule has 19 heavy (non-hydrogen) atoms. The molecule has 0 saturated heterocycles. The van der Waals surface area contributed by atoms with E-state index in [-0.39, 0.29) is 22.6 Å². The number of hydrogen-bond acceptors (Lipinski definition) is 4. The Bertz CT molecular complexity index is 630. The molecule has 6 N–H and O–H groups in total. The Morgan fingerprint density at radius 2 is 1.84 bits per heavy atom. The molecule has 5 nitrogen and oxygen atoms in total. The summed E-state index contributed by atoms with van der Waals surface area (Å²) in [6.07, 6.45) is 0. The largest absolute Gasteiger partial charge is 0.478 e. The van der Waals surface area contributed by atoms with Crippen molar-refractivity contribution < 1.29 is 14.3 Å². The maximum Gasteiger partial charge on any atom is 0.338 e. The van der Waals surface area contributed by atoms with Gasteiger partial charge in [0, 0.05) is 5.69 Å². The van der Waals surface area contributed by atoms with Crippen LogP contribution in [0.4, 0.5) is 27.1 Å². The fourth-order valence-electron chi connectivity index (χ4n) is 1.64. The van der Waals surface area contributed by atoms with Crippen LogP contribution in [0.15, 0.2) is 36.4 Å². The van der Waals surface area contributed by atoms with Crippen LogP contribution in [0.25, 0.3) is 0 Å². The maximum atomic E-state index is 14.0. The zero-order valence-corrected chi connectivity index (χ0v) is 9.85. The predicted molar refractivity (Wildman–Crippen MR) is 71.9 cm³/mol. The summed E-state index contributed by atoms with van der Waals surface area (Å²) in [6, 6.07) is 9.75. The van der Waals surface area contributed by atoms with Crippen molar-refractivity contribution >= 4 is 28.7 Å². The van der Waals surface area contributed by atoms with E-state index in [0.717, 1.165) is 6.07 Å². The summed E-state index contributed by atoms with van der Waals surface area (Å²) in [5.74, 6) is -2.16. The first kappa shape index (κ1) is 12.7. The van der Waals surface area contributed by atoms with E-state index in [9.17, 15) is 9.18 Å². The lowest BCUT2D eigenvalue weighted by Crippen LogP contribution is -2.09. The van der Waals surface area contributed by atoms with Gasteiger partial charge in [0.15, 0.2) is 5.82 Å². The average Bonchev–Trinajstić information content (AvgIpc) is 2.40. The normalized spacial score (nSPS) is 10.2. The molecule has 6 heteroatoms. The number of carboxylic acid groups (broad SMARTS) is 1. The van der Waals surface area contributed by atoms with Crippen LogP contribution in [0.1, 0.15) is 10.4 Å². The Balaban J connectivity index is 2.55. The molecule has 98 valence electrons. The minimum absolute atomic E-state index is 0.103. The second kappa shape index (κ2) is 4.85. The summed E-state index contributed by atoms with van der Waals surface area (Å²) in [5.41, 5.74) is 10.6. The van der Waals surface area contributed by atoms with Crippen LogP contribution in [-0.2, 0) is 0 Å². The van der Waals surface area contributed by atoms with E-state index in [2.05, 4.69) is 5.32 Å². The number of rotatable bonds is 3. The van der Waals surface area contributed by atoms with Crippen LogP contribution < -0.4 is 16.8 Å². The van der Waals surface area contributed by atoms with Crippen molar-refractivity contribution in [1.29, 1.82) is 0 Å². The first-order valence-electron chi connectivity index (χ1n) is 5.43. The number of benzene rings is 2. The van der Waals surface area contributed by atoms with Gasteiger partial charge in [0.1, 0.15) is 0 Å². The highest BCUT2D eigenvalue weighted by Crippen LogP contribution is 2.32. The number of carbonyl (C=O) groups is 1. The quantitative estimate of drug-likeness (QED) is 0.636. The topological polar surface area (TPSA) is 101 Å². The molecule has 0 spiro atoms. The summed E-state index contributed by atoms with van der Waals surface area (Å²) in [5, 5.41) is 11.8. The first-order valence-corrected chi connectivity index (χ1v) is 5.43. The van der Waals surface area contributed by atoms with Gasteiger partial charge in [-0.1, -0.05) is 18.2 Å². The molecule has 2 aromatic carbocycles. The molecule has 0 bridgehead atoms. The van der Waals surface area contributed by atoms with Crippen molar-refractivity contribution in [3.63, 3.8) is 0 Å². The molecule has 0 aliphatic heterocycles. The molecule has 2 aromatic rings. The number of nitrogens with one attached hydrogen (secondary N) is 1. The average molecular weight is 261 g/mol. The summed E-state index contributed by atoms with van der Waals surface area (Å²) < 4.78 is 14.0. The third-order valence-corrected chi connectivity index (χ3v) is 2.61. The number of carboxylic acids is 1. The number of halogens is 1. The van der Waals surface area contributed by atoms with E-state index >= 15 is 0 Å². The molecule has 0 aromatic heterocycles. The van der Waals surface area contributed by atoms with Crippen molar-refractivity contribution in [1.82, 2.24) is 0 Å². The number of nitrogen functional groups attached to an aromatic ring is 2. The van der Waals surface area contributed by atoms with E-state index < -0.39 is 11.8 Å². The number of nitrogens with two attached hydrogens (primary N) is 2. The standard InChI is InChI=1S/C13H12FN3O2/c14-10-11(16)9(15)6-8(13(18)19)12(10)17-7-4-2-1-3-5-7/h1-6,17H,15-16H2,(H,18,19). The molecule has 0 aliphatic carbocycles. The lowest BCUT2D eigenvalue weighted by molar-refractivity contribution is 0.0697. The summed E-state index contributed by atoms with van der Waals surface area (Å²) in [7, 11) is 0. The zero-order chi connectivity index (χ0) is 14.0. The Kier molecular flexibility index (Phi) is 3.24. The molecule has 0 amide bonds. The van der Waals surface area contributed by atoms with E-state index in [1.807, 2.05) is 0 Å². The molecule has 0 saturated carbocycles. The Morgan fingerprint density at radius 3 is 2.42 bits per heavy atom. The van der Waals surface area contributed by atoms with Crippen LogP contribution in [-0.4, -0.2) is 11.1 Å². The van der Waals surface area contributed by atoms with E-state index in [0.29, 0.717) is 5.69 Å². The van der Waals surface area contributed by atoms with Crippen LogP contribution in [0.2, 0.25) is 0 Å². The molecule has 2 rings (SSSR count). The molecular formula is C13H12FN3O2. The molecular weight excluding hydrogens is 249 g/mol. The number of anilines is 4. The van der Waals surface area contributed by atoms with Gasteiger partial charge in [-0.2, -0.15) is 0 Å². The number of para-hydroxylation sites is 1. The van der Waals surface area contributed by atoms with E-state index in [1.165, 1.54) is 0 Å². The van der Waals surface area contributed by atoms with Crippen molar-refractivity contribution in [2.24, 2.45) is 0 Å². The van der Waals surface area contributed by atoms with Gasteiger partial charge in [-0.3, -0.25) is 0 Å². The highest BCUT2D eigenvalue weighted by Gasteiger charge is 2.19. The molecule has 0 atom stereocenters. The van der Waals surface area contributed by atoms with Gasteiger partial charge >= 0.3 is 5.97 Å². The molecule has 0 heterocycles. The van der Waals surface area contributed by atoms with Gasteiger partial charge in [0.2, 0.25) is 0 Å². The van der Waals surface area contributed by atoms with Gasteiger partial charge < -0.3 is 21.9 Å². The van der Waals surface area contributed by atoms with Crippen LogP contribution in [0.3, 0.4) is 0 Å². The van der Waals surface area contributed by atoms with Crippen molar-refractivity contribution in [2.45, 2.75) is 0 Å². The fraction of sp³-hybridized carbons (Fsp3) is 0. The molecule has 0 unspecified atom stereocenters. The maximum absolute atomic E-state index is 14.0. The fourth-order valence-corrected chi connectivity index (χ4v) is 1.64. The van der Waals surface area contributed by atoms with Gasteiger partial charge in [-0.25, -0.2) is 9.18 Å². The minimum Gasteiger partial charge on any atom is -0.478 e. The highest BCUT2D eigenvalue weighted by atomic mass is 19.1. The summed E-state index contributed by atoms with van der Waals surface area (Å²) in [4.78, 5) is 11.1. The third kappa shape index (κ3) is 2.42. The van der Waals surface area contributed by atoms with Crippen LogP contribution in [0.5, 0.6) is 0 Å². The monoisotopic (exact) mass is 261 g/mol. The zero-order valence-electron chi connectivity index (χ0n) is 9.85. The van der Waals surface area contributed by atoms with Crippen molar-refractivity contribution in [3.05, 3.63) is 47.8 Å². The second-order valence-corrected chi connectivity index (χ2v) is 3.91. The van der Waals surface area contributed by atoms with Gasteiger partial charge in [-0.05, 0) is 18.2 Å². The number of hydrogen-bond donors (Lipinski definition) is 4. The number of aromatic carboxylic acids is 1. The molecule has 0 fully saturated rings. The van der Waals surface area contributed by atoms with Crippen molar-refractivity contribution in [2.75, 3.05) is 16.8 Å². The van der Waals surface area contributed by atoms with E-state index in [4.69, 9.17) is 16.6 Å². The molecule has 0 aliphatic rings. The lowest BCUT2D eigenvalue weighted by Gasteiger charge is -2.13. The smallest absolute Gasteiger partial charge is 0.338 e. The van der Waals surface area contributed by atoms with Gasteiger partial charge in [0.25, 0.3) is 0 Å². The highest BCUT2D eigenvalue weighted by molar-refractivity contribution is 5.98. The second-order valence-electron chi connectivity index (χ2n) is 3.91. The summed E-state index contributed by atoms with van der Waals surface area (Å²) >= 11 is 0. The molecule has 0 radical (unpaired) electrons. The first-order chi connectivity index (χ1) is 9.00. The SMILES string of the molecule is Nc1cc(C(=O)O)c(Nc2ccccc2)c(F)c1N. The predicted octanol–water partition coefficient (Wildman–Crippen LogP) is 2.43.